The first kappa shape index (κ1) is 12.5. The average Bonchev–Trinajstić information content (AvgIpc) is 2.44. The van der Waals surface area contributed by atoms with Crippen LogP contribution in [0.5, 0.6) is 0 Å². The molecule has 2 atom stereocenters. The van der Waals surface area contributed by atoms with Gasteiger partial charge in [-0.15, -0.1) is 0 Å². The topological polar surface area (TPSA) is 49.3 Å². The van der Waals surface area contributed by atoms with Gasteiger partial charge in [0.15, 0.2) is 0 Å². The highest BCUT2D eigenvalue weighted by Crippen LogP contribution is 2.22. The maximum absolute atomic E-state index is 10.8. The minimum Gasteiger partial charge on any atom is -0.480 e. The molecule has 0 amide bonds. The molecule has 2 unspecified atom stereocenters. The maximum atomic E-state index is 10.8. The first-order chi connectivity index (χ1) is 7.24. The molecule has 1 fully saturated rings. The number of carboxylic acids is 1. The second kappa shape index (κ2) is 6.83. The maximum Gasteiger partial charge on any atom is 0.320 e. The summed E-state index contributed by atoms with van der Waals surface area (Å²) in [6.45, 7) is 3.09. The van der Waals surface area contributed by atoms with E-state index in [1.807, 2.05) is 0 Å². The molecule has 88 valence electrons. The molecule has 3 nitrogen and oxygen atoms in total. The first-order valence-corrected chi connectivity index (χ1v) is 6.20. The molecule has 1 saturated heterocycles. The van der Waals surface area contributed by atoms with Gasteiger partial charge in [-0.3, -0.25) is 4.79 Å². The Labute approximate surface area is 92.3 Å². The van der Waals surface area contributed by atoms with E-state index >= 15 is 0 Å². The van der Waals surface area contributed by atoms with E-state index < -0.39 is 5.97 Å². The van der Waals surface area contributed by atoms with Gasteiger partial charge in [0.25, 0.3) is 0 Å². The Bertz CT molecular complexity index is 194. The number of rotatable bonds is 5. The van der Waals surface area contributed by atoms with Gasteiger partial charge in [-0.2, -0.15) is 0 Å². The van der Waals surface area contributed by atoms with Crippen molar-refractivity contribution in [3.05, 3.63) is 0 Å². The van der Waals surface area contributed by atoms with Crippen LogP contribution >= 0.6 is 0 Å². The van der Waals surface area contributed by atoms with Crippen LogP contribution in [0.3, 0.4) is 0 Å². The predicted molar refractivity (Wildman–Crippen MR) is 60.9 cm³/mol. The predicted octanol–water partition coefficient (Wildman–Crippen LogP) is 2.41. The van der Waals surface area contributed by atoms with Crippen LogP contribution in [0.2, 0.25) is 0 Å². The number of unbranched alkanes of at least 4 members (excludes halogenated alkanes) is 2. The largest absolute Gasteiger partial charge is 0.480 e. The number of hydrogen-bond acceptors (Lipinski definition) is 2. The lowest BCUT2D eigenvalue weighted by atomic mass is 9.93. The lowest BCUT2D eigenvalue weighted by molar-refractivity contribution is -0.139. The van der Waals surface area contributed by atoms with Gasteiger partial charge in [-0.1, -0.05) is 32.6 Å². The fraction of sp³-hybridized carbons (Fsp3) is 0.917. The van der Waals surface area contributed by atoms with Gasteiger partial charge in [0.1, 0.15) is 6.04 Å². The van der Waals surface area contributed by atoms with Crippen molar-refractivity contribution in [2.75, 3.05) is 6.54 Å². The van der Waals surface area contributed by atoms with Crippen LogP contribution in [0.4, 0.5) is 0 Å². The molecule has 0 aromatic heterocycles. The van der Waals surface area contributed by atoms with Crippen LogP contribution in [-0.2, 0) is 4.79 Å². The quantitative estimate of drug-likeness (QED) is 0.689. The molecule has 1 aliphatic heterocycles. The number of hydrogen-bond donors (Lipinski definition) is 2. The highest BCUT2D eigenvalue weighted by Gasteiger charge is 2.22. The number of carbonyl (C=O) groups is 1. The van der Waals surface area contributed by atoms with Gasteiger partial charge in [0.2, 0.25) is 0 Å². The second-order valence-corrected chi connectivity index (χ2v) is 4.57. The molecular weight excluding hydrogens is 190 g/mol. The molecule has 1 heterocycles. The lowest BCUT2D eigenvalue weighted by Crippen LogP contribution is -2.35. The summed E-state index contributed by atoms with van der Waals surface area (Å²) >= 11 is 0. The third-order valence-corrected chi connectivity index (χ3v) is 3.32. The molecule has 0 aromatic carbocycles. The number of nitrogens with one attached hydrogen (secondary N) is 1. The van der Waals surface area contributed by atoms with E-state index in [1.54, 1.807) is 0 Å². The van der Waals surface area contributed by atoms with E-state index in [-0.39, 0.29) is 6.04 Å². The van der Waals surface area contributed by atoms with Gasteiger partial charge < -0.3 is 10.4 Å². The summed E-state index contributed by atoms with van der Waals surface area (Å²) in [6.07, 6.45) is 8.18. The highest BCUT2D eigenvalue weighted by atomic mass is 16.4. The Kier molecular flexibility index (Phi) is 5.69. The average molecular weight is 213 g/mol. The molecule has 0 aromatic rings. The zero-order valence-electron chi connectivity index (χ0n) is 9.67. The monoisotopic (exact) mass is 213 g/mol. The van der Waals surface area contributed by atoms with Crippen molar-refractivity contribution in [3.63, 3.8) is 0 Å². The van der Waals surface area contributed by atoms with E-state index in [9.17, 15) is 4.79 Å². The molecule has 0 aliphatic carbocycles. The smallest absolute Gasteiger partial charge is 0.320 e. The van der Waals surface area contributed by atoms with Crippen molar-refractivity contribution in [2.24, 2.45) is 5.92 Å². The Balaban J connectivity index is 2.23. The Morgan fingerprint density at radius 3 is 2.80 bits per heavy atom. The van der Waals surface area contributed by atoms with Crippen molar-refractivity contribution in [3.8, 4) is 0 Å². The second-order valence-electron chi connectivity index (χ2n) is 4.57. The first-order valence-electron chi connectivity index (χ1n) is 6.20. The summed E-state index contributed by atoms with van der Waals surface area (Å²) in [5.74, 6) is 0.0533. The summed E-state index contributed by atoms with van der Waals surface area (Å²) < 4.78 is 0. The zero-order chi connectivity index (χ0) is 11.1. The van der Waals surface area contributed by atoms with Crippen LogP contribution in [0.1, 0.15) is 51.9 Å². The summed E-state index contributed by atoms with van der Waals surface area (Å²) in [5, 5.41) is 12.0. The van der Waals surface area contributed by atoms with Crippen LogP contribution < -0.4 is 5.32 Å². The standard InChI is InChI=1S/C12H23NO2/c1-2-3-4-5-10-6-7-11(12(14)15)13-9-8-10/h10-11,13H,2-9H2,1H3,(H,14,15). The van der Waals surface area contributed by atoms with E-state index in [1.165, 1.54) is 25.7 Å². The fourth-order valence-corrected chi connectivity index (χ4v) is 2.29. The van der Waals surface area contributed by atoms with E-state index in [0.717, 1.165) is 31.7 Å². The lowest BCUT2D eigenvalue weighted by Gasteiger charge is -2.12. The van der Waals surface area contributed by atoms with Crippen LogP contribution in [0.15, 0.2) is 0 Å². The Morgan fingerprint density at radius 1 is 1.33 bits per heavy atom. The third kappa shape index (κ3) is 4.65. The van der Waals surface area contributed by atoms with Crippen molar-refractivity contribution in [1.82, 2.24) is 5.32 Å². The van der Waals surface area contributed by atoms with Crippen molar-refractivity contribution < 1.29 is 9.90 Å². The normalized spacial score (nSPS) is 27.3. The van der Waals surface area contributed by atoms with Gasteiger partial charge in [0, 0.05) is 0 Å². The van der Waals surface area contributed by atoms with Crippen LogP contribution in [0, 0.1) is 5.92 Å². The minimum atomic E-state index is -0.691. The fourth-order valence-electron chi connectivity index (χ4n) is 2.29. The Morgan fingerprint density at radius 2 is 2.13 bits per heavy atom. The molecule has 0 bridgehead atoms. The molecule has 15 heavy (non-hydrogen) atoms. The van der Waals surface area contributed by atoms with Gasteiger partial charge in [0.05, 0.1) is 0 Å². The zero-order valence-corrected chi connectivity index (χ0v) is 9.67. The van der Waals surface area contributed by atoms with Gasteiger partial charge in [-0.25, -0.2) is 0 Å². The molecular formula is C12H23NO2. The van der Waals surface area contributed by atoms with Crippen molar-refractivity contribution in [2.45, 2.75) is 57.9 Å². The van der Waals surface area contributed by atoms with E-state index in [4.69, 9.17) is 5.11 Å². The summed E-state index contributed by atoms with van der Waals surface area (Å²) in [5.41, 5.74) is 0. The summed E-state index contributed by atoms with van der Waals surface area (Å²) in [7, 11) is 0. The van der Waals surface area contributed by atoms with E-state index in [2.05, 4.69) is 12.2 Å². The van der Waals surface area contributed by atoms with Crippen LogP contribution in [-0.4, -0.2) is 23.7 Å². The van der Waals surface area contributed by atoms with Gasteiger partial charge >= 0.3 is 5.97 Å². The minimum absolute atomic E-state index is 0.304. The van der Waals surface area contributed by atoms with Crippen LogP contribution in [0.25, 0.3) is 0 Å². The molecule has 3 heteroatoms. The molecule has 2 N–H and O–H groups in total. The molecule has 0 radical (unpaired) electrons. The van der Waals surface area contributed by atoms with Crippen molar-refractivity contribution >= 4 is 5.97 Å². The Hall–Kier alpha value is -0.570. The number of carboxylic acid groups (broad SMARTS) is 1. The molecule has 1 rings (SSSR count). The number of aliphatic carboxylic acids is 1. The molecule has 0 saturated carbocycles. The SMILES string of the molecule is CCCCCC1CCNC(C(=O)O)CC1. The summed E-state index contributed by atoms with van der Waals surface area (Å²) in [4.78, 5) is 10.8. The molecule has 0 spiro atoms. The highest BCUT2D eigenvalue weighted by molar-refractivity contribution is 5.73. The summed E-state index contributed by atoms with van der Waals surface area (Å²) in [6, 6.07) is -0.304. The molecule has 1 aliphatic rings. The van der Waals surface area contributed by atoms with Crippen molar-refractivity contribution in [1.29, 1.82) is 0 Å². The third-order valence-electron chi connectivity index (χ3n) is 3.32. The van der Waals surface area contributed by atoms with E-state index in [0.29, 0.717) is 0 Å². The van der Waals surface area contributed by atoms with Gasteiger partial charge in [-0.05, 0) is 31.7 Å².